The summed E-state index contributed by atoms with van der Waals surface area (Å²) in [6.45, 7) is 8.12. The van der Waals surface area contributed by atoms with Crippen molar-refractivity contribution >= 4 is 5.91 Å². The summed E-state index contributed by atoms with van der Waals surface area (Å²) in [5.74, 6) is 0.561. The first-order valence-corrected chi connectivity index (χ1v) is 6.28. The van der Waals surface area contributed by atoms with Crippen molar-refractivity contribution in [2.45, 2.75) is 13.8 Å². The normalized spacial score (nSPS) is 10.1. The molecular formula is C15H21NO3. The predicted molar refractivity (Wildman–Crippen MR) is 75.3 cm³/mol. The molecule has 0 aliphatic carbocycles. The molecule has 1 aromatic rings. The number of benzene rings is 1. The summed E-state index contributed by atoms with van der Waals surface area (Å²) < 4.78 is 5.55. The maximum Gasteiger partial charge on any atom is 0.260 e. The third-order valence-corrected chi connectivity index (χ3v) is 2.77. The summed E-state index contributed by atoms with van der Waals surface area (Å²) >= 11 is 0. The maximum absolute atomic E-state index is 11.9. The lowest BCUT2D eigenvalue weighted by atomic mass is 10.1. The van der Waals surface area contributed by atoms with Crippen LogP contribution in [0.4, 0.5) is 0 Å². The molecule has 0 saturated heterocycles. The van der Waals surface area contributed by atoms with E-state index in [-0.39, 0.29) is 19.1 Å². The van der Waals surface area contributed by atoms with Crippen LogP contribution in [0.25, 0.3) is 0 Å². The number of rotatable bonds is 7. The second-order valence-electron chi connectivity index (χ2n) is 4.41. The van der Waals surface area contributed by atoms with Gasteiger partial charge in [0, 0.05) is 13.1 Å². The Hall–Kier alpha value is -1.81. The quantitative estimate of drug-likeness (QED) is 0.762. The zero-order chi connectivity index (χ0) is 14.3. The summed E-state index contributed by atoms with van der Waals surface area (Å²) in [6, 6.07) is 5.87. The highest BCUT2D eigenvalue weighted by molar-refractivity contribution is 5.78. The van der Waals surface area contributed by atoms with Gasteiger partial charge in [0.1, 0.15) is 5.75 Å². The molecule has 1 amide bonds. The van der Waals surface area contributed by atoms with Gasteiger partial charge in [-0.15, -0.1) is 6.58 Å². The molecule has 0 radical (unpaired) electrons. The Morgan fingerprint density at radius 1 is 1.47 bits per heavy atom. The van der Waals surface area contributed by atoms with E-state index in [1.807, 2.05) is 32.0 Å². The summed E-state index contributed by atoms with van der Waals surface area (Å²) in [5.41, 5.74) is 2.09. The molecule has 0 aliphatic heterocycles. The molecule has 0 spiro atoms. The largest absolute Gasteiger partial charge is 0.483 e. The van der Waals surface area contributed by atoms with E-state index in [0.717, 1.165) is 16.9 Å². The molecule has 1 rings (SSSR count). The van der Waals surface area contributed by atoms with Gasteiger partial charge in [-0.3, -0.25) is 4.79 Å². The van der Waals surface area contributed by atoms with Gasteiger partial charge in [-0.25, -0.2) is 0 Å². The highest BCUT2D eigenvalue weighted by Gasteiger charge is 2.12. The fourth-order valence-corrected chi connectivity index (χ4v) is 1.69. The van der Waals surface area contributed by atoms with Gasteiger partial charge in [0.05, 0.1) is 6.61 Å². The van der Waals surface area contributed by atoms with Gasteiger partial charge < -0.3 is 14.7 Å². The van der Waals surface area contributed by atoms with Gasteiger partial charge in [-0.05, 0) is 31.0 Å². The fraction of sp³-hybridized carbons (Fsp3) is 0.400. The minimum Gasteiger partial charge on any atom is -0.483 e. The van der Waals surface area contributed by atoms with Gasteiger partial charge in [0.25, 0.3) is 5.91 Å². The average Bonchev–Trinajstić information content (AvgIpc) is 2.39. The van der Waals surface area contributed by atoms with Crippen LogP contribution in [-0.2, 0) is 4.79 Å². The maximum atomic E-state index is 11.9. The Morgan fingerprint density at radius 2 is 2.21 bits per heavy atom. The number of hydrogen-bond donors (Lipinski definition) is 1. The van der Waals surface area contributed by atoms with E-state index in [1.165, 1.54) is 4.90 Å². The predicted octanol–water partition coefficient (Wildman–Crippen LogP) is 1.69. The first-order chi connectivity index (χ1) is 9.08. The van der Waals surface area contributed by atoms with Crippen molar-refractivity contribution in [1.82, 2.24) is 4.90 Å². The molecule has 19 heavy (non-hydrogen) atoms. The lowest BCUT2D eigenvalue weighted by Gasteiger charge is -2.20. The summed E-state index contributed by atoms with van der Waals surface area (Å²) in [5, 5.41) is 8.91. The Balaban J connectivity index is 2.61. The molecule has 4 nitrogen and oxygen atoms in total. The summed E-state index contributed by atoms with van der Waals surface area (Å²) in [6.07, 6.45) is 1.63. The first kappa shape index (κ1) is 15.2. The number of carbonyl (C=O) groups is 1. The number of aliphatic hydroxyl groups excluding tert-OH is 1. The van der Waals surface area contributed by atoms with E-state index in [4.69, 9.17) is 9.84 Å². The van der Waals surface area contributed by atoms with Crippen molar-refractivity contribution in [2.75, 3.05) is 26.3 Å². The Morgan fingerprint density at radius 3 is 2.84 bits per heavy atom. The van der Waals surface area contributed by atoms with Crippen molar-refractivity contribution < 1.29 is 14.6 Å². The number of amides is 1. The molecule has 0 aliphatic rings. The van der Waals surface area contributed by atoms with Crippen molar-refractivity contribution in [3.05, 3.63) is 42.0 Å². The molecule has 104 valence electrons. The van der Waals surface area contributed by atoms with Gasteiger partial charge in [0.15, 0.2) is 6.61 Å². The topological polar surface area (TPSA) is 49.8 Å². The molecule has 4 heteroatoms. The van der Waals surface area contributed by atoms with Crippen LogP contribution in [0.1, 0.15) is 11.1 Å². The van der Waals surface area contributed by atoms with Gasteiger partial charge >= 0.3 is 0 Å². The van der Waals surface area contributed by atoms with Gasteiger partial charge in [-0.1, -0.05) is 18.2 Å². The molecule has 1 aromatic carbocycles. The molecule has 0 atom stereocenters. The highest BCUT2D eigenvalue weighted by Crippen LogP contribution is 2.19. The van der Waals surface area contributed by atoms with Crippen molar-refractivity contribution in [2.24, 2.45) is 0 Å². The minimum atomic E-state index is -0.158. The number of carbonyl (C=O) groups excluding carboxylic acids is 1. The van der Waals surface area contributed by atoms with Crippen LogP contribution in [0.5, 0.6) is 5.75 Å². The molecule has 0 aromatic heterocycles. The Bertz CT molecular complexity index is 443. The number of aryl methyl sites for hydroxylation is 2. The van der Waals surface area contributed by atoms with Crippen LogP contribution in [-0.4, -0.2) is 42.2 Å². The van der Waals surface area contributed by atoms with E-state index in [1.54, 1.807) is 6.08 Å². The molecule has 0 saturated carbocycles. The van der Waals surface area contributed by atoms with E-state index in [0.29, 0.717) is 13.1 Å². The van der Waals surface area contributed by atoms with Crippen LogP contribution in [0.2, 0.25) is 0 Å². The molecule has 0 fully saturated rings. The number of aliphatic hydroxyl groups is 1. The second-order valence-corrected chi connectivity index (χ2v) is 4.41. The van der Waals surface area contributed by atoms with Crippen LogP contribution < -0.4 is 4.74 Å². The van der Waals surface area contributed by atoms with Crippen LogP contribution in [0.15, 0.2) is 30.9 Å². The fourth-order valence-electron chi connectivity index (χ4n) is 1.69. The lowest BCUT2D eigenvalue weighted by molar-refractivity contribution is -0.133. The van der Waals surface area contributed by atoms with Crippen LogP contribution in [0, 0.1) is 13.8 Å². The summed E-state index contributed by atoms with van der Waals surface area (Å²) in [4.78, 5) is 13.4. The minimum absolute atomic E-state index is 0.0296. The molecule has 0 bridgehead atoms. The molecular weight excluding hydrogens is 242 g/mol. The average molecular weight is 263 g/mol. The standard InChI is InChI=1S/C15H21NO3/c1-4-7-16(8-9-17)15(18)11-19-14-10-12(2)5-6-13(14)3/h4-6,10,17H,1,7-9,11H2,2-3H3. The van der Waals surface area contributed by atoms with E-state index in [9.17, 15) is 4.79 Å². The SMILES string of the molecule is C=CCN(CCO)C(=O)COc1cc(C)ccc1C. The highest BCUT2D eigenvalue weighted by atomic mass is 16.5. The Kier molecular flexibility index (Phi) is 6.09. The number of nitrogens with zero attached hydrogens (tertiary/aromatic N) is 1. The van der Waals surface area contributed by atoms with Crippen LogP contribution >= 0.6 is 0 Å². The zero-order valence-corrected chi connectivity index (χ0v) is 11.6. The van der Waals surface area contributed by atoms with E-state index in [2.05, 4.69) is 6.58 Å². The van der Waals surface area contributed by atoms with Gasteiger partial charge in [0.2, 0.25) is 0 Å². The molecule has 0 heterocycles. The van der Waals surface area contributed by atoms with Crippen molar-refractivity contribution in [3.63, 3.8) is 0 Å². The van der Waals surface area contributed by atoms with Gasteiger partial charge in [-0.2, -0.15) is 0 Å². The third-order valence-electron chi connectivity index (χ3n) is 2.77. The second kappa shape index (κ2) is 7.59. The first-order valence-electron chi connectivity index (χ1n) is 6.28. The number of hydrogen-bond acceptors (Lipinski definition) is 3. The smallest absolute Gasteiger partial charge is 0.260 e. The molecule has 1 N–H and O–H groups in total. The zero-order valence-electron chi connectivity index (χ0n) is 11.6. The molecule has 0 unspecified atom stereocenters. The van der Waals surface area contributed by atoms with Crippen molar-refractivity contribution in [3.8, 4) is 5.75 Å². The monoisotopic (exact) mass is 263 g/mol. The van der Waals surface area contributed by atoms with E-state index < -0.39 is 0 Å². The number of ether oxygens (including phenoxy) is 1. The third kappa shape index (κ3) is 4.75. The lowest BCUT2D eigenvalue weighted by Crippen LogP contribution is -2.37. The van der Waals surface area contributed by atoms with Crippen LogP contribution in [0.3, 0.4) is 0 Å². The summed E-state index contributed by atoms with van der Waals surface area (Å²) in [7, 11) is 0. The van der Waals surface area contributed by atoms with Crippen molar-refractivity contribution in [1.29, 1.82) is 0 Å². The Labute approximate surface area is 114 Å². The van der Waals surface area contributed by atoms with E-state index >= 15 is 0 Å².